The molecule has 5 heteroatoms. The number of hydrogen-bond donors (Lipinski definition) is 0. The fourth-order valence-electron chi connectivity index (χ4n) is 1.25. The topological polar surface area (TPSA) is 12.9 Å². The van der Waals surface area contributed by atoms with Crippen molar-refractivity contribution < 1.29 is 13.2 Å². The number of fused-ring (bicyclic) bond motifs is 1. The Bertz CT molecular complexity index is 481. The van der Waals surface area contributed by atoms with Gasteiger partial charge in [-0.25, -0.2) is 0 Å². The molecule has 2 rings (SSSR count). The Hall–Kier alpha value is -1.06. The molecule has 0 saturated carbocycles. The van der Waals surface area contributed by atoms with Crippen molar-refractivity contribution in [2.24, 2.45) is 0 Å². The minimum atomic E-state index is -4.09. The Morgan fingerprint density at radius 2 is 1.93 bits per heavy atom. The molecule has 0 aliphatic rings. The number of alkyl halides is 3. The van der Waals surface area contributed by atoms with E-state index in [1.165, 1.54) is 6.07 Å². The Morgan fingerprint density at radius 3 is 2.67 bits per heavy atom. The van der Waals surface area contributed by atoms with E-state index in [0.717, 1.165) is 10.9 Å². The van der Waals surface area contributed by atoms with Gasteiger partial charge in [-0.2, -0.15) is 0 Å². The van der Waals surface area contributed by atoms with Gasteiger partial charge >= 0.3 is 90.1 Å². The first kappa shape index (κ1) is 10.5. The molecule has 0 saturated heterocycles. The monoisotopic (exact) mass is 277 g/mol. The molecule has 2 aromatic rings. The predicted molar refractivity (Wildman–Crippen MR) is 53.2 cm³/mol. The molecule has 1 nitrogen and oxygen atoms in total. The standard InChI is InChI=1S/C10H6F3NSe/c11-10(12,13)15-8-3-4-9-7(6-8)2-1-5-14-9/h1-6H. The van der Waals surface area contributed by atoms with Crippen LogP contribution in [0.15, 0.2) is 36.5 Å². The van der Waals surface area contributed by atoms with Crippen molar-refractivity contribution in [2.75, 3.05) is 0 Å². The molecule has 0 amide bonds. The molecule has 0 radical (unpaired) electrons. The van der Waals surface area contributed by atoms with E-state index in [1.807, 2.05) is 0 Å². The summed E-state index contributed by atoms with van der Waals surface area (Å²) in [5, 5.41) is -3.34. The van der Waals surface area contributed by atoms with Crippen molar-refractivity contribution in [3.63, 3.8) is 0 Å². The van der Waals surface area contributed by atoms with Crippen LogP contribution in [0.5, 0.6) is 0 Å². The van der Waals surface area contributed by atoms with E-state index < -0.39 is 20.0 Å². The van der Waals surface area contributed by atoms with Crippen molar-refractivity contribution in [3.05, 3.63) is 36.5 Å². The number of benzene rings is 1. The molecule has 1 aromatic heterocycles. The maximum atomic E-state index is 12.2. The number of pyridine rings is 1. The molecule has 0 unspecified atom stereocenters. The van der Waals surface area contributed by atoms with Gasteiger partial charge in [0.2, 0.25) is 0 Å². The summed E-state index contributed by atoms with van der Waals surface area (Å²) < 4.78 is 36.8. The van der Waals surface area contributed by atoms with Gasteiger partial charge in [0.25, 0.3) is 0 Å². The summed E-state index contributed by atoms with van der Waals surface area (Å²) >= 11 is -1.48. The van der Waals surface area contributed by atoms with Crippen molar-refractivity contribution in [1.82, 2.24) is 4.98 Å². The van der Waals surface area contributed by atoms with Crippen LogP contribution in [-0.4, -0.2) is 25.0 Å². The summed E-state index contributed by atoms with van der Waals surface area (Å²) in [4.78, 5) is 4.04. The summed E-state index contributed by atoms with van der Waals surface area (Å²) in [6.45, 7) is 0. The molecule has 0 bridgehead atoms. The third-order valence-corrected chi connectivity index (χ3v) is 3.32. The van der Waals surface area contributed by atoms with Crippen molar-refractivity contribution in [1.29, 1.82) is 0 Å². The van der Waals surface area contributed by atoms with E-state index in [2.05, 4.69) is 4.98 Å². The molecule has 0 aliphatic carbocycles. The second kappa shape index (κ2) is 3.83. The maximum absolute atomic E-state index is 12.2. The van der Waals surface area contributed by atoms with Gasteiger partial charge in [0.1, 0.15) is 0 Å². The summed E-state index contributed by atoms with van der Waals surface area (Å²) in [5.74, 6) is 0. The van der Waals surface area contributed by atoms with Crippen LogP contribution in [0.25, 0.3) is 10.9 Å². The molecule has 0 spiro atoms. The molecule has 15 heavy (non-hydrogen) atoms. The normalized spacial score (nSPS) is 11.9. The van der Waals surface area contributed by atoms with Crippen LogP contribution in [0.4, 0.5) is 13.2 Å². The van der Waals surface area contributed by atoms with Crippen LogP contribution in [0.1, 0.15) is 0 Å². The first-order valence-electron chi connectivity index (χ1n) is 4.15. The molecule has 1 heterocycles. The van der Waals surface area contributed by atoms with Gasteiger partial charge in [0.05, 0.1) is 0 Å². The SMILES string of the molecule is FC(F)(F)[Se]c1ccc2ncccc2c1. The van der Waals surface area contributed by atoms with Crippen molar-refractivity contribution >= 4 is 30.3 Å². The van der Waals surface area contributed by atoms with E-state index in [-0.39, 0.29) is 0 Å². The number of rotatable bonds is 1. The van der Waals surface area contributed by atoms with Crippen LogP contribution in [-0.2, 0) is 0 Å². The van der Waals surface area contributed by atoms with E-state index in [9.17, 15) is 13.2 Å². The number of halogens is 3. The van der Waals surface area contributed by atoms with E-state index in [4.69, 9.17) is 0 Å². The van der Waals surface area contributed by atoms with Gasteiger partial charge in [-0.3, -0.25) is 0 Å². The van der Waals surface area contributed by atoms with Crippen LogP contribution < -0.4 is 4.46 Å². The van der Waals surface area contributed by atoms with Gasteiger partial charge < -0.3 is 0 Å². The van der Waals surface area contributed by atoms with Crippen LogP contribution in [0, 0.1) is 0 Å². The average Bonchev–Trinajstić information content (AvgIpc) is 2.15. The number of nitrogens with zero attached hydrogens (tertiary/aromatic N) is 1. The molecule has 78 valence electrons. The molecule has 0 atom stereocenters. The summed E-state index contributed by atoms with van der Waals surface area (Å²) in [6, 6.07) is 8.14. The molecular weight excluding hydrogens is 270 g/mol. The summed E-state index contributed by atoms with van der Waals surface area (Å²) in [7, 11) is 0. The zero-order valence-electron chi connectivity index (χ0n) is 7.45. The van der Waals surface area contributed by atoms with E-state index in [1.54, 1.807) is 30.5 Å². The van der Waals surface area contributed by atoms with Crippen molar-refractivity contribution in [3.8, 4) is 0 Å². The van der Waals surface area contributed by atoms with E-state index >= 15 is 0 Å². The average molecular weight is 276 g/mol. The summed E-state index contributed by atoms with van der Waals surface area (Å²) in [6.07, 6.45) is 1.62. The van der Waals surface area contributed by atoms with Crippen molar-refractivity contribution in [2.45, 2.75) is 5.07 Å². The first-order valence-corrected chi connectivity index (χ1v) is 5.86. The zero-order chi connectivity index (χ0) is 10.9. The zero-order valence-corrected chi connectivity index (χ0v) is 9.17. The fourth-order valence-corrected chi connectivity index (χ4v) is 2.49. The van der Waals surface area contributed by atoms with Gasteiger partial charge in [-0.15, -0.1) is 0 Å². The molecule has 0 fully saturated rings. The first-order chi connectivity index (χ1) is 7.04. The van der Waals surface area contributed by atoms with Gasteiger partial charge in [-0.05, 0) is 0 Å². The van der Waals surface area contributed by atoms with Gasteiger partial charge in [-0.1, -0.05) is 0 Å². The Balaban J connectivity index is 2.39. The third kappa shape index (κ3) is 2.70. The quantitative estimate of drug-likeness (QED) is 0.727. The minimum absolute atomic E-state index is 0.329. The van der Waals surface area contributed by atoms with Crippen LogP contribution in [0.2, 0.25) is 0 Å². The Kier molecular flexibility index (Phi) is 2.67. The van der Waals surface area contributed by atoms with Gasteiger partial charge in [0.15, 0.2) is 0 Å². The van der Waals surface area contributed by atoms with Gasteiger partial charge in [0, 0.05) is 0 Å². The second-order valence-corrected chi connectivity index (χ2v) is 5.29. The van der Waals surface area contributed by atoms with E-state index in [0.29, 0.717) is 4.46 Å². The third-order valence-electron chi connectivity index (χ3n) is 1.81. The second-order valence-electron chi connectivity index (χ2n) is 2.91. The van der Waals surface area contributed by atoms with Crippen LogP contribution >= 0.6 is 0 Å². The Morgan fingerprint density at radius 1 is 1.13 bits per heavy atom. The molecule has 0 N–H and O–H groups in total. The fraction of sp³-hybridized carbons (Fsp3) is 0.100. The Labute approximate surface area is 90.5 Å². The molecule has 0 aliphatic heterocycles. The molecule has 1 aromatic carbocycles. The molecular formula is C10H6F3NSe. The van der Waals surface area contributed by atoms with Crippen LogP contribution in [0.3, 0.4) is 0 Å². The number of hydrogen-bond acceptors (Lipinski definition) is 1. The summed E-state index contributed by atoms with van der Waals surface area (Å²) in [5.41, 5.74) is 0.722. The predicted octanol–water partition coefficient (Wildman–Crippen LogP) is 2.08. The number of aromatic nitrogens is 1.